The van der Waals surface area contributed by atoms with Crippen LogP contribution in [-0.4, -0.2) is 42.1 Å². The molecule has 5 aromatic rings. The van der Waals surface area contributed by atoms with Crippen molar-refractivity contribution in [3.05, 3.63) is 147 Å². The van der Waals surface area contributed by atoms with Crippen LogP contribution in [-0.2, 0) is 33.3 Å². The van der Waals surface area contributed by atoms with Crippen molar-refractivity contribution >= 4 is 38.5 Å². The first-order valence-electron chi connectivity index (χ1n) is 19.3. The summed E-state index contributed by atoms with van der Waals surface area (Å²) >= 11 is 0. The summed E-state index contributed by atoms with van der Waals surface area (Å²) in [6.45, 7) is 9.71. The fourth-order valence-electron chi connectivity index (χ4n) is 7.74. The summed E-state index contributed by atoms with van der Waals surface area (Å²) < 4.78 is 35.6. The summed E-state index contributed by atoms with van der Waals surface area (Å²) in [7, 11) is -4.64. The maximum atomic E-state index is 14.9. The molecule has 0 aromatic heterocycles. The fraction of sp³-hybridized carbons (Fsp3) is 0.326. The van der Waals surface area contributed by atoms with Gasteiger partial charge in [0.15, 0.2) is 5.78 Å². The number of carbonyl (C=O) groups is 3. The van der Waals surface area contributed by atoms with Crippen LogP contribution in [0.5, 0.6) is 0 Å². The van der Waals surface area contributed by atoms with E-state index < -0.39 is 27.6 Å². The Morgan fingerprint density at radius 1 is 0.745 bits per heavy atom. The number of ketones is 1. The molecule has 9 heteroatoms. The van der Waals surface area contributed by atoms with Crippen LogP contribution < -0.4 is 0 Å². The number of aryl methyl sites for hydroxylation is 4. The first kappa shape index (κ1) is 39.6. The molecule has 1 unspecified atom stereocenters. The number of hydrogen-bond donors (Lipinski definition) is 1. The zero-order valence-corrected chi connectivity index (χ0v) is 33.1. The van der Waals surface area contributed by atoms with E-state index in [2.05, 4.69) is 13.8 Å². The van der Waals surface area contributed by atoms with Crippen molar-refractivity contribution in [3.8, 4) is 0 Å². The predicted octanol–water partition coefficient (Wildman–Crippen LogP) is 9.37. The van der Waals surface area contributed by atoms with Gasteiger partial charge in [-0.25, -0.2) is 13.2 Å². The van der Waals surface area contributed by atoms with Gasteiger partial charge in [-0.05, 0) is 92.6 Å². The molecule has 8 nitrogen and oxygen atoms in total. The zero-order chi connectivity index (χ0) is 39.5. The van der Waals surface area contributed by atoms with Crippen molar-refractivity contribution in [2.24, 2.45) is 0 Å². The van der Waals surface area contributed by atoms with Crippen molar-refractivity contribution in [1.29, 1.82) is 0 Å². The molecule has 0 radical (unpaired) electrons. The molecule has 55 heavy (non-hydrogen) atoms. The van der Waals surface area contributed by atoms with Crippen LogP contribution in [0, 0.1) is 13.8 Å². The van der Waals surface area contributed by atoms with Gasteiger partial charge in [0.25, 0.3) is 15.9 Å². The SMILES string of the molecule is CCCCCc1c(C(=O)c2ccc(C)cc2)c(C(=O)OCC)cc2c(CCCCC)c3c(cc12)C(=O)N(S(=O)(=O)c1ccc(C)cc1)C3(O)c1ccccc1. The van der Waals surface area contributed by atoms with E-state index in [1.54, 1.807) is 73.7 Å². The van der Waals surface area contributed by atoms with Gasteiger partial charge >= 0.3 is 5.97 Å². The van der Waals surface area contributed by atoms with E-state index in [-0.39, 0.29) is 45.1 Å². The third kappa shape index (κ3) is 7.23. The number of ether oxygens (including phenoxy) is 1. The first-order chi connectivity index (χ1) is 26.4. The molecule has 1 aliphatic rings. The Morgan fingerprint density at radius 2 is 1.31 bits per heavy atom. The molecule has 6 rings (SSSR count). The Bertz CT molecular complexity index is 2350. The van der Waals surface area contributed by atoms with Crippen LogP contribution in [0.25, 0.3) is 10.8 Å². The smallest absolute Gasteiger partial charge is 0.338 e. The maximum absolute atomic E-state index is 14.9. The molecule has 0 saturated heterocycles. The molecular formula is C46H49NO7S. The first-order valence-corrected chi connectivity index (χ1v) is 20.7. The number of esters is 1. The Kier molecular flexibility index (Phi) is 11.7. The third-order valence-corrected chi connectivity index (χ3v) is 12.3. The molecular weight excluding hydrogens is 711 g/mol. The quantitative estimate of drug-likeness (QED) is 0.0642. The molecule has 5 aromatic carbocycles. The molecule has 0 bridgehead atoms. The maximum Gasteiger partial charge on any atom is 0.338 e. The summed E-state index contributed by atoms with van der Waals surface area (Å²) in [5.41, 5.74) is 1.63. The van der Waals surface area contributed by atoms with Crippen molar-refractivity contribution < 1.29 is 32.6 Å². The number of aliphatic hydroxyl groups is 1. The Balaban J connectivity index is 1.76. The largest absolute Gasteiger partial charge is 0.462 e. The van der Waals surface area contributed by atoms with Crippen molar-refractivity contribution in [1.82, 2.24) is 4.31 Å². The lowest BCUT2D eigenvalue weighted by Gasteiger charge is -2.35. The van der Waals surface area contributed by atoms with E-state index in [4.69, 9.17) is 4.74 Å². The fourth-order valence-corrected chi connectivity index (χ4v) is 9.29. The van der Waals surface area contributed by atoms with Gasteiger partial charge in [0, 0.05) is 22.3 Å². The van der Waals surface area contributed by atoms with Gasteiger partial charge in [0.2, 0.25) is 5.72 Å². The second kappa shape index (κ2) is 16.3. The summed E-state index contributed by atoms with van der Waals surface area (Å²) in [6, 6.07) is 25.0. The molecule has 0 saturated carbocycles. The molecule has 1 heterocycles. The molecule has 1 amide bonds. The molecule has 0 spiro atoms. The number of hydrogen-bond acceptors (Lipinski definition) is 7. The normalized spacial score (nSPS) is 15.4. The zero-order valence-electron chi connectivity index (χ0n) is 32.3. The number of rotatable bonds is 15. The van der Waals surface area contributed by atoms with Crippen LogP contribution in [0.3, 0.4) is 0 Å². The van der Waals surface area contributed by atoms with Crippen LogP contribution >= 0.6 is 0 Å². The number of unbranched alkanes of at least 4 members (excludes halogenated alkanes) is 4. The highest BCUT2D eigenvalue weighted by molar-refractivity contribution is 7.89. The monoisotopic (exact) mass is 759 g/mol. The van der Waals surface area contributed by atoms with Gasteiger partial charge in [0.1, 0.15) is 0 Å². The molecule has 0 fully saturated rings. The molecule has 1 aliphatic heterocycles. The van der Waals surface area contributed by atoms with Crippen molar-refractivity contribution in [2.75, 3.05) is 6.61 Å². The van der Waals surface area contributed by atoms with Gasteiger partial charge in [-0.15, -0.1) is 0 Å². The highest BCUT2D eigenvalue weighted by Gasteiger charge is 2.57. The summed E-state index contributed by atoms with van der Waals surface area (Å²) in [5, 5.41) is 14.3. The average molecular weight is 760 g/mol. The third-order valence-electron chi connectivity index (χ3n) is 10.5. The molecule has 1 atom stereocenters. The Labute approximate surface area is 324 Å². The predicted molar refractivity (Wildman–Crippen MR) is 215 cm³/mol. The Hall–Kier alpha value is -5.12. The average Bonchev–Trinajstić information content (AvgIpc) is 3.41. The Morgan fingerprint density at radius 3 is 1.89 bits per heavy atom. The summed E-state index contributed by atoms with van der Waals surface area (Å²) in [4.78, 5) is 43.4. The topological polar surface area (TPSA) is 118 Å². The molecule has 1 N–H and O–H groups in total. The molecule has 286 valence electrons. The van der Waals surface area contributed by atoms with E-state index in [1.807, 2.05) is 26.0 Å². The van der Waals surface area contributed by atoms with Crippen LogP contribution in [0.2, 0.25) is 0 Å². The van der Waals surface area contributed by atoms with E-state index in [1.165, 1.54) is 12.1 Å². The minimum atomic E-state index is -4.64. The summed E-state index contributed by atoms with van der Waals surface area (Å²) in [6.07, 6.45) is 5.62. The lowest BCUT2D eigenvalue weighted by atomic mass is 9.80. The second-order valence-corrected chi connectivity index (χ2v) is 16.2. The van der Waals surface area contributed by atoms with E-state index in [9.17, 15) is 27.9 Å². The number of carbonyl (C=O) groups excluding carboxylic acids is 3. The summed E-state index contributed by atoms with van der Waals surface area (Å²) in [5.74, 6) is -1.88. The van der Waals surface area contributed by atoms with E-state index in [0.29, 0.717) is 57.5 Å². The van der Waals surface area contributed by atoms with Crippen molar-refractivity contribution in [3.63, 3.8) is 0 Å². The van der Waals surface area contributed by atoms with Gasteiger partial charge in [0.05, 0.1) is 22.6 Å². The van der Waals surface area contributed by atoms with E-state index in [0.717, 1.165) is 36.8 Å². The van der Waals surface area contributed by atoms with Crippen LogP contribution in [0.1, 0.15) is 129 Å². The highest BCUT2D eigenvalue weighted by Crippen LogP contribution is 2.50. The lowest BCUT2D eigenvalue weighted by molar-refractivity contribution is -0.00765. The number of sulfonamides is 1. The van der Waals surface area contributed by atoms with Gasteiger partial charge in [-0.2, -0.15) is 4.31 Å². The van der Waals surface area contributed by atoms with Crippen LogP contribution in [0.15, 0.2) is 95.9 Å². The second-order valence-electron chi connectivity index (χ2n) is 14.4. The lowest BCUT2D eigenvalue weighted by Crippen LogP contribution is -2.48. The van der Waals surface area contributed by atoms with Gasteiger partial charge in [-0.1, -0.05) is 117 Å². The standard InChI is InChI=1S/C46H49NO7S/c1-6-9-12-18-35-37-29-40-42(46(51,33-16-14-11-15-17-33)47(44(40)49)55(52,53)34-26-22-31(5)23-27-34)36(19-13-10-7-2)38(37)28-39(45(50)54-8-3)41(35)43(48)32-24-20-30(4)21-25-32/h11,14-17,20-29,51H,6-10,12-13,18-19H2,1-5H3. The van der Waals surface area contributed by atoms with Crippen LogP contribution in [0.4, 0.5) is 0 Å². The number of amides is 1. The highest BCUT2D eigenvalue weighted by atomic mass is 32.2. The van der Waals surface area contributed by atoms with Crippen molar-refractivity contribution in [2.45, 2.75) is 96.6 Å². The molecule has 0 aliphatic carbocycles. The minimum absolute atomic E-state index is 0.0374. The van der Waals surface area contributed by atoms with Gasteiger partial charge < -0.3 is 9.84 Å². The number of fused-ring (bicyclic) bond motifs is 2. The number of benzene rings is 5. The van der Waals surface area contributed by atoms with Gasteiger partial charge in [-0.3, -0.25) is 9.59 Å². The van der Waals surface area contributed by atoms with E-state index >= 15 is 0 Å². The minimum Gasteiger partial charge on any atom is -0.462 e. The number of nitrogens with zero attached hydrogens (tertiary/aromatic N) is 1.